The Bertz CT molecular complexity index is 285. The molecule has 0 radical (unpaired) electrons. The van der Waals surface area contributed by atoms with Crippen LogP contribution in [0.1, 0.15) is 59.3 Å². The summed E-state index contributed by atoms with van der Waals surface area (Å²) in [5.74, 6) is 0.848. The van der Waals surface area contributed by atoms with Gasteiger partial charge >= 0.3 is 6.09 Å². The highest BCUT2D eigenvalue weighted by Gasteiger charge is 2.21. The number of rotatable bonds is 6. The van der Waals surface area contributed by atoms with Gasteiger partial charge in [-0.15, -0.1) is 11.8 Å². The second-order valence-electron chi connectivity index (χ2n) is 6.54. The van der Waals surface area contributed by atoms with Gasteiger partial charge in [0.05, 0.1) is 5.94 Å². The Morgan fingerprint density at radius 2 is 2.00 bits per heavy atom. The number of aliphatic hydroxyl groups excluding tert-OH is 1. The first-order chi connectivity index (χ1) is 9.40. The zero-order valence-corrected chi connectivity index (χ0v) is 13.8. The lowest BCUT2D eigenvalue weighted by Gasteiger charge is -2.26. The molecule has 1 saturated carbocycles. The Morgan fingerprint density at radius 1 is 1.35 bits per heavy atom. The van der Waals surface area contributed by atoms with Gasteiger partial charge in [0.15, 0.2) is 0 Å². The van der Waals surface area contributed by atoms with E-state index in [9.17, 15) is 4.79 Å². The SMILES string of the molecule is CC(C)(C)OC(=O)NC[C@H](CC1CCCCC1)SCO. The molecule has 0 aliphatic heterocycles. The van der Waals surface area contributed by atoms with Crippen LogP contribution in [0.15, 0.2) is 0 Å². The molecular formula is C15H29NO3S. The summed E-state index contributed by atoms with van der Waals surface area (Å²) in [5, 5.41) is 12.2. The molecule has 0 heterocycles. The van der Waals surface area contributed by atoms with Crippen molar-refractivity contribution in [2.75, 3.05) is 12.5 Å². The third-order valence-corrected chi connectivity index (χ3v) is 4.48. The van der Waals surface area contributed by atoms with Crippen LogP contribution in [-0.4, -0.2) is 34.5 Å². The first-order valence-corrected chi connectivity index (χ1v) is 8.65. The molecule has 0 aromatic carbocycles. The maximum Gasteiger partial charge on any atom is 0.407 e. The molecule has 20 heavy (non-hydrogen) atoms. The van der Waals surface area contributed by atoms with Crippen molar-refractivity contribution in [1.29, 1.82) is 0 Å². The minimum absolute atomic E-state index is 0.105. The number of thioether (sulfide) groups is 1. The maximum atomic E-state index is 11.7. The predicted molar refractivity (Wildman–Crippen MR) is 83.9 cm³/mol. The number of hydrogen-bond acceptors (Lipinski definition) is 4. The molecule has 0 aromatic heterocycles. The summed E-state index contributed by atoms with van der Waals surface area (Å²) in [5.41, 5.74) is -0.465. The predicted octanol–water partition coefficient (Wildman–Crippen LogP) is 3.53. The van der Waals surface area contributed by atoms with Crippen LogP contribution in [0.5, 0.6) is 0 Å². The van der Waals surface area contributed by atoms with E-state index in [0.29, 0.717) is 6.54 Å². The monoisotopic (exact) mass is 303 g/mol. The van der Waals surface area contributed by atoms with Gasteiger partial charge < -0.3 is 15.2 Å². The van der Waals surface area contributed by atoms with Crippen molar-refractivity contribution >= 4 is 17.9 Å². The summed E-state index contributed by atoms with van der Waals surface area (Å²) in [6.07, 6.45) is 7.26. The van der Waals surface area contributed by atoms with Gasteiger partial charge in [0.25, 0.3) is 0 Å². The molecule has 118 valence electrons. The third-order valence-electron chi connectivity index (χ3n) is 3.50. The summed E-state index contributed by atoms with van der Waals surface area (Å²) < 4.78 is 5.23. The highest BCUT2D eigenvalue weighted by molar-refractivity contribution is 7.99. The van der Waals surface area contributed by atoms with Gasteiger partial charge in [0.1, 0.15) is 5.60 Å². The lowest BCUT2D eigenvalue weighted by molar-refractivity contribution is 0.0527. The first-order valence-electron chi connectivity index (χ1n) is 7.60. The normalized spacial score (nSPS) is 18.6. The van der Waals surface area contributed by atoms with Crippen molar-refractivity contribution in [2.45, 2.75) is 70.1 Å². The highest BCUT2D eigenvalue weighted by atomic mass is 32.2. The maximum absolute atomic E-state index is 11.7. The Morgan fingerprint density at radius 3 is 2.55 bits per heavy atom. The molecule has 0 aromatic rings. The van der Waals surface area contributed by atoms with E-state index in [1.165, 1.54) is 43.9 Å². The van der Waals surface area contributed by atoms with Crippen molar-refractivity contribution in [3.05, 3.63) is 0 Å². The van der Waals surface area contributed by atoms with Crippen LogP contribution in [0.25, 0.3) is 0 Å². The van der Waals surface area contributed by atoms with Gasteiger partial charge in [-0.1, -0.05) is 32.1 Å². The number of hydrogen-bond donors (Lipinski definition) is 2. The van der Waals surface area contributed by atoms with Gasteiger partial charge in [-0.2, -0.15) is 0 Å². The van der Waals surface area contributed by atoms with Gasteiger partial charge in [-0.05, 0) is 33.1 Å². The van der Waals surface area contributed by atoms with Crippen molar-refractivity contribution < 1.29 is 14.6 Å². The average Bonchev–Trinajstić information content (AvgIpc) is 2.35. The Balaban J connectivity index is 2.32. The lowest BCUT2D eigenvalue weighted by atomic mass is 9.86. The van der Waals surface area contributed by atoms with Crippen LogP contribution in [0.3, 0.4) is 0 Å². The second-order valence-corrected chi connectivity index (χ2v) is 7.80. The Hall–Kier alpha value is -0.420. The van der Waals surface area contributed by atoms with Crippen molar-refractivity contribution in [2.24, 2.45) is 5.92 Å². The standard InChI is InChI=1S/C15H29NO3S/c1-15(2,3)19-14(18)16-10-13(20-11-17)9-12-7-5-4-6-8-12/h12-13,17H,4-11H2,1-3H3,(H,16,18)/t13-/m0/s1. The van der Waals surface area contributed by atoms with E-state index in [0.717, 1.165) is 12.3 Å². The fourth-order valence-electron chi connectivity index (χ4n) is 2.62. The molecule has 0 saturated heterocycles. The fraction of sp³-hybridized carbons (Fsp3) is 0.933. The molecule has 1 fully saturated rings. The van der Waals surface area contributed by atoms with Crippen LogP contribution in [-0.2, 0) is 4.74 Å². The molecular weight excluding hydrogens is 274 g/mol. The van der Waals surface area contributed by atoms with Crippen LogP contribution < -0.4 is 5.32 Å². The minimum Gasteiger partial charge on any atom is -0.444 e. The molecule has 1 rings (SSSR count). The molecule has 0 bridgehead atoms. The highest BCUT2D eigenvalue weighted by Crippen LogP contribution is 2.30. The molecule has 1 aliphatic carbocycles. The van der Waals surface area contributed by atoms with Crippen LogP contribution in [0.2, 0.25) is 0 Å². The van der Waals surface area contributed by atoms with Crippen molar-refractivity contribution in [3.63, 3.8) is 0 Å². The fourth-order valence-corrected chi connectivity index (χ4v) is 3.44. The van der Waals surface area contributed by atoms with E-state index < -0.39 is 5.60 Å². The summed E-state index contributed by atoms with van der Waals surface area (Å²) >= 11 is 1.52. The quantitative estimate of drug-likeness (QED) is 0.737. The van der Waals surface area contributed by atoms with Gasteiger partial charge in [0, 0.05) is 11.8 Å². The smallest absolute Gasteiger partial charge is 0.407 e. The molecule has 0 unspecified atom stereocenters. The van der Waals surface area contributed by atoms with E-state index in [-0.39, 0.29) is 17.3 Å². The van der Waals surface area contributed by atoms with Crippen molar-refractivity contribution in [3.8, 4) is 0 Å². The largest absolute Gasteiger partial charge is 0.444 e. The molecule has 4 nitrogen and oxygen atoms in total. The molecule has 2 N–H and O–H groups in total. The molecule has 5 heteroatoms. The van der Waals surface area contributed by atoms with Crippen LogP contribution >= 0.6 is 11.8 Å². The number of aliphatic hydroxyl groups is 1. The number of nitrogens with one attached hydrogen (secondary N) is 1. The number of amides is 1. The Labute approximate surface area is 127 Å². The van der Waals surface area contributed by atoms with E-state index in [2.05, 4.69) is 5.32 Å². The van der Waals surface area contributed by atoms with E-state index in [1.807, 2.05) is 20.8 Å². The van der Waals surface area contributed by atoms with Gasteiger partial charge in [-0.3, -0.25) is 0 Å². The number of carbonyl (C=O) groups is 1. The number of ether oxygens (including phenoxy) is 1. The molecule has 1 atom stereocenters. The van der Waals surface area contributed by atoms with Crippen LogP contribution in [0.4, 0.5) is 4.79 Å². The summed E-state index contributed by atoms with van der Waals surface area (Å²) in [6, 6.07) is 0. The summed E-state index contributed by atoms with van der Waals surface area (Å²) in [7, 11) is 0. The second kappa shape index (κ2) is 8.78. The molecule has 0 spiro atoms. The molecule has 1 amide bonds. The number of carbonyl (C=O) groups excluding carboxylic acids is 1. The summed E-state index contributed by atoms with van der Waals surface area (Å²) in [6.45, 7) is 6.13. The topological polar surface area (TPSA) is 58.6 Å². The average molecular weight is 303 g/mol. The third kappa shape index (κ3) is 8.00. The first kappa shape index (κ1) is 17.6. The lowest BCUT2D eigenvalue weighted by Crippen LogP contribution is -2.36. The number of alkyl carbamates (subject to hydrolysis) is 1. The van der Waals surface area contributed by atoms with Crippen molar-refractivity contribution in [1.82, 2.24) is 5.32 Å². The van der Waals surface area contributed by atoms with Gasteiger partial charge in [0.2, 0.25) is 0 Å². The Kier molecular flexibility index (Phi) is 7.74. The zero-order chi connectivity index (χ0) is 15.0. The van der Waals surface area contributed by atoms with Crippen LogP contribution in [0, 0.1) is 5.92 Å². The zero-order valence-electron chi connectivity index (χ0n) is 13.0. The molecule has 1 aliphatic rings. The van der Waals surface area contributed by atoms with E-state index in [1.54, 1.807) is 0 Å². The minimum atomic E-state index is -0.465. The van der Waals surface area contributed by atoms with E-state index in [4.69, 9.17) is 9.84 Å². The van der Waals surface area contributed by atoms with Gasteiger partial charge in [-0.25, -0.2) is 4.79 Å². The van der Waals surface area contributed by atoms with E-state index >= 15 is 0 Å². The summed E-state index contributed by atoms with van der Waals surface area (Å²) in [4.78, 5) is 11.7.